The number of carbonyl (C=O) groups is 1. The molecule has 3 nitrogen and oxygen atoms in total. The lowest BCUT2D eigenvalue weighted by atomic mass is 10.2. The van der Waals surface area contributed by atoms with Crippen LogP contribution in [0, 0.1) is 12.0 Å². The first-order valence-electron chi connectivity index (χ1n) is 7.50. The van der Waals surface area contributed by atoms with Crippen molar-refractivity contribution < 1.29 is 9.53 Å². The summed E-state index contributed by atoms with van der Waals surface area (Å²) in [7, 11) is 0. The van der Waals surface area contributed by atoms with Gasteiger partial charge in [-0.1, -0.05) is 43.9 Å². The highest BCUT2D eigenvalue weighted by Crippen LogP contribution is 2.17. The summed E-state index contributed by atoms with van der Waals surface area (Å²) in [6.07, 6.45) is 3.74. The molecule has 0 aliphatic carbocycles. The third-order valence-electron chi connectivity index (χ3n) is 2.69. The minimum absolute atomic E-state index is 0.434. The zero-order chi connectivity index (χ0) is 15.7. The number of rotatable bonds is 4. The van der Waals surface area contributed by atoms with E-state index in [2.05, 4.69) is 18.9 Å². The molecule has 0 bridgehead atoms. The number of amides is 1. The number of hydrogen-bond donors (Lipinski definition) is 0. The summed E-state index contributed by atoms with van der Waals surface area (Å²) in [6.45, 7) is 7.71. The van der Waals surface area contributed by atoms with Crippen molar-refractivity contribution in [2.24, 2.45) is 0 Å². The molecule has 114 valence electrons. The van der Waals surface area contributed by atoms with E-state index in [1.807, 2.05) is 51.1 Å². The lowest BCUT2D eigenvalue weighted by Gasteiger charge is -2.23. The number of hydrogen-bond acceptors (Lipinski definition) is 2. The third kappa shape index (κ3) is 6.85. The lowest BCUT2D eigenvalue weighted by molar-refractivity contribution is 0.0600. The summed E-state index contributed by atoms with van der Waals surface area (Å²) >= 11 is 0. The van der Waals surface area contributed by atoms with Crippen molar-refractivity contribution in [3.63, 3.8) is 0 Å². The van der Waals surface area contributed by atoms with E-state index in [9.17, 15) is 4.79 Å². The third-order valence-corrected chi connectivity index (χ3v) is 2.69. The monoisotopic (exact) mass is 287 g/mol. The van der Waals surface area contributed by atoms with Gasteiger partial charge in [-0.3, -0.25) is 0 Å². The van der Waals surface area contributed by atoms with Crippen molar-refractivity contribution in [2.45, 2.75) is 59.0 Å². The summed E-state index contributed by atoms with van der Waals surface area (Å²) in [5, 5.41) is 0. The smallest absolute Gasteiger partial charge is 0.426 e. The fraction of sp³-hybridized carbons (Fsp3) is 0.500. The fourth-order valence-corrected chi connectivity index (χ4v) is 1.70. The van der Waals surface area contributed by atoms with E-state index < -0.39 is 11.7 Å². The molecule has 0 aliphatic heterocycles. The van der Waals surface area contributed by atoms with Gasteiger partial charge in [-0.05, 0) is 39.3 Å². The minimum Gasteiger partial charge on any atom is -0.443 e. The predicted molar refractivity (Wildman–Crippen MR) is 87.1 cm³/mol. The molecule has 0 aliphatic rings. The largest absolute Gasteiger partial charge is 0.443 e. The van der Waals surface area contributed by atoms with Crippen LogP contribution >= 0.6 is 0 Å². The highest BCUT2D eigenvalue weighted by molar-refractivity contribution is 5.91. The van der Waals surface area contributed by atoms with Crippen molar-refractivity contribution >= 4 is 11.8 Å². The van der Waals surface area contributed by atoms with Gasteiger partial charge in [0.15, 0.2) is 0 Å². The topological polar surface area (TPSA) is 29.5 Å². The summed E-state index contributed by atoms with van der Waals surface area (Å²) < 4.78 is 5.42. The van der Waals surface area contributed by atoms with Crippen LogP contribution in [0.15, 0.2) is 30.3 Å². The fourth-order valence-electron chi connectivity index (χ4n) is 1.70. The van der Waals surface area contributed by atoms with Crippen molar-refractivity contribution in [1.82, 2.24) is 0 Å². The average molecular weight is 287 g/mol. The van der Waals surface area contributed by atoms with Crippen molar-refractivity contribution in [3.05, 3.63) is 30.3 Å². The Morgan fingerprint density at radius 1 is 1.19 bits per heavy atom. The molecular formula is C18H25NO2. The van der Waals surface area contributed by atoms with Crippen LogP contribution in [0.2, 0.25) is 0 Å². The molecule has 0 heterocycles. The van der Waals surface area contributed by atoms with Crippen LogP contribution in [0.4, 0.5) is 10.5 Å². The molecule has 0 fully saturated rings. The zero-order valence-corrected chi connectivity index (χ0v) is 13.5. The maximum Gasteiger partial charge on any atom is 0.426 e. The molecule has 1 aromatic carbocycles. The minimum atomic E-state index is -0.534. The van der Waals surface area contributed by atoms with Gasteiger partial charge in [-0.2, -0.15) is 0 Å². The van der Waals surface area contributed by atoms with E-state index in [0.29, 0.717) is 0 Å². The second-order valence-corrected chi connectivity index (χ2v) is 5.90. The van der Waals surface area contributed by atoms with Crippen molar-refractivity contribution in [1.29, 1.82) is 0 Å². The first-order valence-corrected chi connectivity index (χ1v) is 7.50. The van der Waals surface area contributed by atoms with Gasteiger partial charge in [-0.15, -0.1) is 0 Å². The van der Waals surface area contributed by atoms with Crippen LogP contribution in [0.3, 0.4) is 0 Å². The molecule has 21 heavy (non-hydrogen) atoms. The molecule has 0 aromatic heterocycles. The molecule has 0 atom stereocenters. The maximum absolute atomic E-state index is 12.3. The molecule has 0 saturated carbocycles. The van der Waals surface area contributed by atoms with E-state index in [-0.39, 0.29) is 0 Å². The second-order valence-electron chi connectivity index (χ2n) is 5.90. The van der Waals surface area contributed by atoms with Crippen molar-refractivity contribution in [2.75, 3.05) is 4.90 Å². The quantitative estimate of drug-likeness (QED) is 0.444. The molecule has 0 N–H and O–H groups in total. The Morgan fingerprint density at radius 2 is 1.86 bits per heavy atom. The van der Waals surface area contributed by atoms with Crippen LogP contribution in [-0.2, 0) is 4.74 Å². The van der Waals surface area contributed by atoms with Gasteiger partial charge in [0.05, 0.1) is 5.69 Å². The zero-order valence-electron chi connectivity index (χ0n) is 13.5. The van der Waals surface area contributed by atoms with Gasteiger partial charge in [0.25, 0.3) is 0 Å². The molecule has 1 aromatic rings. The van der Waals surface area contributed by atoms with Crippen LogP contribution in [0.25, 0.3) is 0 Å². The van der Waals surface area contributed by atoms with Gasteiger partial charge in [0.2, 0.25) is 0 Å². The molecule has 0 saturated heterocycles. The van der Waals surface area contributed by atoms with E-state index >= 15 is 0 Å². The molecule has 1 amide bonds. The molecule has 0 unspecified atom stereocenters. The second kappa shape index (κ2) is 8.36. The predicted octanol–water partition coefficient (Wildman–Crippen LogP) is 4.97. The van der Waals surface area contributed by atoms with Crippen LogP contribution < -0.4 is 4.90 Å². The van der Waals surface area contributed by atoms with E-state index in [4.69, 9.17) is 4.74 Å². The number of nitrogens with zero attached hydrogens (tertiary/aromatic N) is 1. The van der Waals surface area contributed by atoms with Crippen LogP contribution in [-0.4, -0.2) is 11.7 Å². The van der Waals surface area contributed by atoms with E-state index in [1.165, 1.54) is 4.90 Å². The molecule has 0 radical (unpaired) electrons. The SMILES string of the molecule is CCCCCC#CN(C(=O)OC(C)(C)C)c1ccccc1. The van der Waals surface area contributed by atoms with E-state index in [1.54, 1.807) is 0 Å². The summed E-state index contributed by atoms with van der Waals surface area (Å²) in [6, 6.07) is 12.3. The molecule has 3 heteroatoms. The highest BCUT2D eigenvalue weighted by Gasteiger charge is 2.22. The highest BCUT2D eigenvalue weighted by atomic mass is 16.6. The molecular weight excluding hydrogens is 262 g/mol. The first-order chi connectivity index (χ1) is 9.94. The molecule has 1 rings (SSSR count). The summed E-state index contributed by atoms with van der Waals surface area (Å²) in [5.74, 6) is 3.06. The Kier molecular flexibility index (Phi) is 6.81. The first kappa shape index (κ1) is 17.1. The molecule has 0 spiro atoms. The number of ether oxygens (including phenoxy) is 1. The number of para-hydroxylation sites is 1. The Labute approximate surface area is 128 Å². The van der Waals surface area contributed by atoms with Gasteiger partial charge < -0.3 is 4.74 Å². The number of carbonyl (C=O) groups excluding carboxylic acids is 1. The normalized spacial score (nSPS) is 10.5. The summed E-state index contributed by atoms with van der Waals surface area (Å²) in [5.41, 5.74) is 0.198. The maximum atomic E-state index is 12.3. The standard InChI is InChI=1S/C18H25NO2/c1-5-6-7-8-12-15-19(16-13-10-9-11-14-16)17(20)21-18(2,3)4/h9-11,13-14H,5-8H2,1-4H3. The van der Waals surface area contributed by atoms with Gasteiger partial charge in [0, 0.05) is 12.5 Å². The Bertz CT molecular complexity index is 491. The Morgan fingerprint density at radius 3 is 2.43 bits per heavy atom. The Hall–Kier alpha value is -1.95. The van der Waals surface area contributed by atoms with Gasteiger partial charge in [-0.25, -0.2) is 9.69 Å². The lowest BCUT2D eigenvalue weighted by Crippen LogP contribution is -2.33. The Balaban J connectivity index is 2.83. The van der Waals surface area contributed by atoms with Gasteiger partial charge >= 0.3 is 6.09 Å². The average Bonchev–Trinajstić information content (AvgIpc) is 2.41. The summed E-state index contributed by atoms with van der Waals surface area (Å²) in [4.78, 5) is 13.7. The number of anilines is 1. The number of benzene rings is 1. The van der Waals surface area contributed by atoms with E-state index in [0.717, 1.165) is 31.4 Å². The number of unbranched alkanes of at least 4 members (excludes halogenated alkanes) is 3. The van der Waals surface area contributed by atoms with Gasteiger partial charge in [0.1, 0.15) is 5.60 Å². The van der Waals surface area contributed by atoms with Crippen LogP contribution in [0.5, 0.6) is 0 Å². The van der Waals surface area contributed by atoms with Crippen molar-refractivity contribution in [3.8, 4) is 12.0 Å². The van der Waals surface area contributed by atoms with Crippen LogP contribution in [0.1, 0.15) is 53.4 Å².